The van der Waals surface area contributed by atoms with Crippen molar-refractivity contribution in [1.29, 1.82) is 0 Å². The van der Waals surface area contributed by atoms with Gasteiger partial charge in [-0.3, -0.25) is 9.59 Å². The lowest BCUT2D eigenvalue weighted by atomic mass is 9.78. The minimum Gasteiger partial charge on any atom is -0.375 e. The first-order valence-corrected chi connectivity index (χ1v) is 10.7. The second-order valence-corrected chi connectivity index (χ2v) is 8.63. The van der Waals surface area contributed by atoms with Crippen molar-refractivity contribution >= 4 is 23.2 Å². The number of hydrogen-bond acceptors (Lipinski definition) is 5. The predicted molar refractivity (Wildman–Crippen MR) is 99.0 cm³/mol. The van der Waals surface area contributed by atoms with E-state index in [1.54, 1.807) is 5.51 Å². The maximum Gasteiger partial charge on any atom is 0.273 e. The van der Waals surface area contributed by atoms with Gasteiger partial charge in [0.25, 0.3) is 5.91 Å². The number of nitrogens with zero attached hydrogens (tertiary/aromatic N) is 2. The van der Waals surface area contributed by atoms with Gasteiger partial charge in [-0.05, 0) is 50.9 Å². The number of nitrogens with one attached hydrogen (secondary N) is 1. The van der Waals surface area contributed by atoms with Crippen LogP contribution in [0.4, 0.5) is 0 Å². The molecule has 1 aliphatic carbocycles. The number of hydrogen-bond donors (Lipinski definition) is 1. The Kier molecular flexibility index (Phi) is 5.27. The van der Waals surface area contributed by atoms with Crippen molar-refractivity contribution in [3.8, 4) is 0 Å². The van der Waals surface area contributed by atoms with Gasteiger partial charge in [-0.1, -0.05) is 0 Å². The molecule has 142 valence electrons. The highest BCUT2D eigenvalue weighted by Crippen LogP contribution is 2.39. The molecule has 6 nitrogen and oxygen atoms in total. The molecule has 1 unspecified atom stereocenters. The van der Waals surface area contributed by atoms with E-state index in [0.29, 0.717) is 11.6 Å². The molecule has 1 atom stereocenters. The number of rotatable bonds is 5. The van der Waals surface area contributed by atoms with Gasteiger partial charge in [-0.15, -0.1) is 11.3 Å². The van der Waals surface area contributed by atoms with Gasteiger partial charge >= 0.3 is 0 Å². The van der Waals surface area contributed by atoms with Crippen molar-refractivity contribution in [3.63, 3.8) is 0 Å². The molecule has 1 aromatic rings. The van der Waals surface area contributed by atoms with E-state index in [-0.39, 0.29) is 23.3 Å². The average molecular weight is 378 g/mol. The number of piperidine rings is 1. The Morgan fingerprint density at radius 1 is 1.31 bits per heavy atom. The van der Waals surface area contributed by atoms with Gasteiger partial charge in [0.1, 0.15) is 5.69 Å². The number of likely N-dealkylation sites (tertiary alicyclic amines) is 1. The Bertz CT molecular complexity index is 636. The molecular weight excluding hydrogens is 350 g/mol. The average Bonchev–Trinajstić information content (AvgIpc) is 3.36. The van der Waals surface area contributed by atoms with Crippen LogP contribution in [0.15, 0.2) is 10.9 Å². The zero-order chi connectivity index (χ0) is 18.0. The van der Waals surface area contributed by atoms with Gasteiger partial charge in [0.15, 0.2) is 0 Å². The summed E-state index contributed by atoms with van der Waals surface area (Å²) in [6.45, 7) is 3.05. The summed E-state index contributed by atoms with van der Waals surface area (Å²) in [6, 6.07) is 0. The standard InChI is InChI=1S/C19H27N3O3S/c23-17(15-1-2-15)20-7-3-14-4-10-25-19(11-14)5-8-22(9-6-19)18(24)16-12-26-13-21-16/h12-15H,1-11H2,(H,20,23). The fraction of sp³-hybridized carbons (Fsp3) is 0.737. The molecule has 3 aliphatic rings. The van der Waals surface area contributed by atoms with E-state index in [1.165, 1.54) is 11.3 Å². The maximum absolute atomic E-state index is 12.5. The number of carbonyl (C=O) groups is 2. The normalized spacial score (nSPS) is 25.2. The van der Waals surface area contributed by atoms with E-state index >= 15 is 0 Å². The van der Waals surface area contributed by atoms with E-state index < -0.39 is 0 Å². The molecule has 1 N–H and O–H groups in total. The first kappa shape index (κ1) is 17.9. The molecule has 4 rings (SSSR count). The number of amides is 2. The molecule has 2 amide bonds. The minimum absolute atomic E-state index is 0.0382. The lowest BCUT2D eigenvalue weighted by Crippen LogP contribution is -2.51. The van der Waals surface area contributed by atoms with Gasteiger partial charge in [0.2, 0.25) is 5.91 Å². The summed E-state index contributed by atoms with van der Waals surface area (Å²) in [7, 11) is 0. The molecular formula is C19H27N3O3S. The lowest BCUT2D eigenvalue weighted by molar-refractivity contribution is -0.125. The first-order valence-electron chi connectivity index (χ1n) is 9.74. The molecule has 0 radical (unpaired) electrons. The highest BCUT2D eigenvalue weighted by molar-refractivity contribution is 7.07. The van der Waals surface area contributed by atoms with Crippen LogP contribution in [-0.4, -0.2) is 53.5 Å². The SMILES string of the molecule is O=C(NCCC1CCOC2(CCN(C(=O)c3cscn3)CC2)C1)C1CC1. The molecule has 2 saturated heterocycles. The lowest BCUT2D eigenvalue weighted by Gasteiger charge is -2.46. The molecule has 1 saturated carbocycles. The highest BCUT2D eigenvalue weighted by Gasteiger charge is 2.41. The van der Waals surface area contributed by atoms with Crippen LogP contribution in [0.25, 0.3) is 0 Å². The molecule has 26 heavy (non-hydrogen) atoms. The van der Waals surface area contributed by atoms with Crippen molar-refractivity contribution in [2.45, 2.75) is 50.5 Å². The highest BCUT2D eigenvalue weighted by atomic mass is 32.1. The molecule has 3 heterocycles. The smallest absolute Gasteiger partial charge is 0.273 e. The van der Waals surface area contributed by atoms with Gasteiger partial charge in [-0.25, -0.2) is 4.98 Å². The quantitative estimate of drug-likeness (QED) is 0.856. The summed E-state index contributed by atoms with van der Waals surface area (Å²) < 4.78 is 6.19. The molecule has 0 aromatic carbocycles. The monoisotopic (exact) mass is 377 g/mol. The molecule has 7 heteroatoms. The largest absolute Gasteiger partial charge is 0.375 e. The number of aromatic nitrogens is 1. The van der Waals surface area contributed by atoms with E-state index in [1.807, 2.05) is 10.3 Å². The summed E-state index contributed by atoms with van der Waals surface area (Å²) in [5.74, 6) is 1.16. The van der Waals surface area contributed by atoms with E-state index in [4.69, 9.17) is 4.74 Å². The Morgan fingerprint density at radius 2 is 2.12 bits per heavy atom. The van der Waals surface area contributed by atoms with Gasteiger partial charge < -0.3 is 15.0 Å². The van der Waals surface area contributed by atoms with Gasteiger partial charge in [0.05, 0.1) is 11.1 Å². The summed E-state index contributed by atoms with van der Waals surface area (Å²) in [6.07, 6.45) is 7.06. The van der Waals surface area contributed by atoms with Crippen LogP contribution in [0.1, 0.15) is 55.4 Å². The zero-order valence-electron chi connectivity index (χ0n) is 15.1. The third-order valence-electron chi connectivity index (χ3n) is 6.01. The summed E-state index contributed by atoms with van der Waals surface area (Å²) >= 11 is 1.46. The van der Waals surface area contributed by atoms with E-state index in [0.717, 1.165) is 71.2 Å². The van der Waals surface area contributed by atoms with Crippen LogP contribution in [0, 0.1) is 11.8 Å². The van der Waals surface area contributed by atoms with Crippen molar-refractivity contribution in [2.75, 3.05) is 26.2 Å². The van der Waals surface area contributed by atoms with Crippen LogP contribution >= 0.6 is 11.3 Å². The Morgan fingerprint density at radius 3 is 2.81 bits per heavy atom. The van der Waals surface area contributed by atoms with Crippen LogP contribution in [-0.2, 0) is 9.53 Å². The van der Waals surface area contributed by atoms with Crippen LogP contribution in [0.3, 0.4) is 0 Å². The third kappa shape index (κ3) is 4.09. The van der Waals surface area contributed by atoms with Crippen molar-refractivity contribution in [3.05, 3.63) is 16.6 Å². The number of carbonyl (C=O) groups excluding carboxylic acids is 2. The Hall–Kier alpha value is -1.47. The van der Waals surface area contributed by atoms with Crippen molar-refractivity contribution in [1.82, 2.24) is 15.2 Å². The third-order valence-corrected chi connectivity index (χ3v) is 6.59. The molecule has 1 spiro atoms. The Balaban J connectivity index is 1.25. The minimum atomic E-state index is -0.0811. The second kappa shape index (κ2) is 7.64. The summed E-state index contributed by atoms with van der Waals surface area (Å²) in [5.41, 5.74) is 2.18. The van der Waals surface area contributed by atoms with Gasteiger partial charge in [0, 0.05) is 37.5 Å². The zero-order valence-corrected chi connectivity index (χ0v) is 15.9. The fourth-order valence-corrected chi connectivity index (χ4v) is 4.74. The van der Waals surface area contributed by atoms with Crippen LogP contribution < -0.4 is 5.32 Å². The summed E-state index contributed by atoms with van der Waals surface area (Å²) in [4.78, 5) is 30.3. The van der Waals surface area contributed by atoms with Crippen LogP contribution in [0.2, 0.25) is 0 Å². The van der Waals surface area contributed by atoms with E-state index in [9.17, 15) is 9.59 Å². The maximum atomic E-state index is 12.5. The Labute approximate surface area is 158 Å². The molecule has 0 bridgehead atoms. The topological polar surface area (TPSA) is 71.5 Å². The predicted octanol–water partition coefficient (Wildman–Crippen LogP) is 2.46. The second-order valence-electron chi connectivity index (χ2n) is 7.91. The molecule has 2 aliphatic heterocycles. The van der Waals surface area contributed by atoms with Crippen molar-refractivity contribution in [2.24, 2.45) is 11.8 Å². The van der Waals surface area contributed by atoms with Crippen molar-refractivity contribution < 1.29 is 14.3 Å². The van der Waals surface area contributed by atoms with E-state index in [2.05, 4.69) is 10.3 Å². The first-order chi connectivity index (χ1) is 12.7. The summed E-state index contributed by atoms with van der Waals surface area (Å²) in [5, 5.41) is 4.90. The van der Waals surface area contributed by atoms with Crippen LogP contribution in [0.5, 0.6) is 0 Å². The molecule has 3 fully saturated rings. The van der Waals surface area contributed by atoms with Gasteiger partial charge in [-0.2, -0.15) is 0 Å². The molecule has 1 aromatic heterocycles. The number of thiazole rings is 1. The fourth-order valence-electron chi connectivity index (χ4n) is 4.21. The number of ether oxygens (including phenoxy) is 1.